The lowest BCUT2D eigenvalue weighted by Gasteiger charge is -2.05. The van der Waals surface area contributed by atoms with Crippen molar-refractivity contribution in [3.05, 3.63) is 53.3 Å². The summed E-state index contributed by atoms with van der Waals surface area (Å²) in [6, 6.07) is 10.8. The molecule has 15 heavy (non-hydrogen) atoms. The van der Waals surface area contributed by atoms with Crippen molar-refractivity contribution in [2.45, 2.75) is 26.8 Å². The van der Waals surface area contributed by atoms with Gasteiger partial charge in [0.25, 0.3) is 0 Å². The molecule has 1 aromatic heterocycles. The topological polar surface area (TPSA) is 17.8 Å². The molecule has 0 amide bonds. The SMILES string of the molecule is CCc1ccc(Cn2nccc2C)cc1. The highest BCUT2D eigenvalue weighted by atomic mass is 15.3. The number of nitrogens with zero attached hydrogens (tertiary/aromatic N) is 2. The molecule has 1 heterocycles. The van der Waals surface area contributed by atoms with Crippen molar-refractivity contribution in [2.75, 3.05) is 0 Å². The van der Waals surface area contributed by atoms with Crippen LogP contribution in [0.15, 0.2) is 36.5 Å². The zero-order valence-corrected chi connectivity index (χ0v) is 9.27. The van der Waals surface area contributed by atoms with Crippen LogP contribution in [0, 0.1) is 6.92 Å². The highest BCUT2D eigenvalue weighted by Crippen LogP contribution is 2.07. The molecule has 2 nitrogen and oxygen atoms in total. The number of aryl methyl sites for hydroxylation is 2. The molecule has 78 valence electrons. The fraction of sp³-hybridized carbons (Fsp3) is 0.308. The first-order valence-corrected chi connectivity index (χ1v) is 5.36. The molecule has 0 N–H and O–H groups in total. The van der Waals surface area contributed by atoms with Gasteiger partial charge in [-0.2, -0.15) is 5.10 Å². The predicted molar refractivity (Wildman–Crippen MR) is 61.9 cm³/mol. The second-order valence-electron chi connectivity index (χ2n) is 3.80. The van der Waals surface area contributed by atoms with Gasteiger partial charge < -0.3 is 0 Å². The van der Waals surface area contributed by atoms with E-state index in [2.05, 4.69) is 43.2 Å². The number of hydrogen-bond donors (Lipinski definition) is 0. The first kappa shape index (κ1) is 9.97. The Morgan fingerprint density at radius 2 is 1.73 bits per heavy atom. The van der Waals surface area contributed by atoms with Crippen molar-refractivity contribution in [3.8, 4) is 0 Å². The Balaban J connectivity index is 2.14. The molecule has 0 aliphatic carbocycles. The van der Waals surface area contributed by atoms with E-state index < -0.39 is 0 Å². The van der Waals surface area contributed by atoms with Gasteiger partial charge in [-0.05, 0) is 30.5 Å². The molecule has 2 rings (SSSR count). The third-order valence-corrected chi connectivity index (χ3v) is 2.69. The highest BCUT2D eigenvalue weighted by Gasteiger charge is 1.98. The fourth-order valence-corrected chi connectivity index (χ4v) is 1.62. The van der Waals surface area contributed by atoms with Crippen molar-refractivity contribution in [3.63, 3.8) is 0 Å². The Morgan fingerprint density at radius 1 is 1.07 bits per heavy atom. The summed E-state index contributed by atoms with van der Waals surface area (Å²) in [7, 11) is 0. The Kier molecular flexibility index (Phi) is 2.86. The van der Waals surface area contributed by atoms with Gasteiger partial charge in [0, 0.05) is 11.9 Å². The van der Waals surface area contributed by atoms with E-state index >= 15 is 0 Å². The van der Waals surface area contributed by atoms with Gasteiger partial charge >= 0.3 is 0 Å². The van der Waals surface area contributed by atoms with E-state index in [4.69, 9.17) is 0 Å². The van der Waals surface area contributed by atoms with Crippen LogP contribution in [-0.2, 0) is 13.0 Å². The zero-order valence-electron chi connectivity index (χ0n) is 9.27. The smallest absolute Gasteiger partial charge is 0.0662 e. The lowest BCUT2D eigenvalue weighted by molar-refractivity contribution is 0.665. The predicted octanol–water partition coefficient (Wildman–Crippen LogP) is 2.80. The molecule has 0 fully saturated rings. The van der Waals surface area contributed by atoms with Crippen molar-refractivity contribution in [1.29, 1.82) is 0 Å². The van der Waals surface area contributed by atoms with E-state index in [9.17, 15) is 0 Å². The Bertz CT molecular complexity index is 426. The maximum Gasteiger partial charge on any atom is 0.0662 e. The van der Waals surface area contributed by atoms with E-state index in [-0.39, 0.29) is 0 Å². The molecule has 0 radical (unpaired) electrons. The van der Waals surface area contributed by atoms with Gasteiger partial charge in [0.15, 0.2) is 0 Å². The number of hydrogen-bond acceptors (Lipinski definition) is 1. The van der Waals surface area contributed by atoms with Crippen LogP contribution in [-0.4, -0.2) is 9.78 Å². The van der Waals surface area contributed by atoms with Crippen LogP contribution in [0.5, 0.6) is 0 Å². The summed E-state index contributed by atoms with van der Waals surface area (Å²) in [5, 5.41) is 4.27. The van der Waals surface area contributed by atoms with Crippen molar-refractivity contribution in [2.24, 2.45) is 0 Å². The lowest BCUT2D eigenvalue weighted by Crippen LogP contribution is -2.03. The van der Waals surface area contributed by atoms with E-state index in [1.54, 1.807) is 0 Å². The summed E-state index contributed by atoms with van der Waals surface area (Å²) in [6.07, 6.45) is 2.94. The molecule has 0 aliphatic heterocycles. The lowest BCUT2D eigenvalue weighted by atomic mass is 10.1. The third kappa shape index (κ3) is 2.27. The molecule has 0 unspecified atom stereocenters. The average Bonchev–Trinajstić information content (AvgIpc) is 2.66. The Labute approximate surface area is 90.6 Å². The maximum absolute atomic E-state index is 4.27. The minimum atomic E-state index is 0.864. The summed E-state index contributed by atoms with van der Waals surface area (Å²) in [5.41, 5.74) is 3.89. The molecular weight excluding hydrogens is 184 g/mol. The number of rotatable bonds is 3. The number of benzene rings is 1. The van der Waals surface area contributed by atoms with E-state index in [1.165, 1.54) is 16.8 Å². The summed E-state index contributed by atoms with van der Waals surface area (Å²) in [4.78, 5) is 0. The second kappa shape index (κ2) is 4.30. The quantitative estimate of drug-likeness (QED) is 0.745. The van der Waals surface area contributed by atoms with Crippen LogP contribution in [0.3, 0.4) is 0 Å². The van der Waals surface area contributed by atoms with E-state index in [0.717, 1.165) is 13.0 Å². The Hall–Kier alpha value is -1.57. The van der Waals surface area contributed by atoms with Crippen molar-refractivity contribution in [1.82, 2.24) is 9.78 Å². The summed E-state index contributed by atoms with van der Waals surface area (Å²) in [6.45, 7) is 5.11. The minimum Gasteiger partial charge on any atom is -0.265 e. The van der Waals surface area contributed by atoms with Gasteiger partial charge in [-0.3, -0.25) is 4.68 Å². The molecule has 0 saturated carbocycles. The molecule has 2 aromatic rings. The van der Waals surface area contributed by atoms with Gasteiger partial charge in [-0.1, -0.05) is 31.2 Å². The molecule has 0 saturated heterocycles. The minimum absolute atomic E-state index is 0.864. The Morgan fingerprint density at radius 3 is 2.27 bits per heavy atom. The molecule has 0 atom stereocenters. The van der Waals surface area contributed by atoms with Gasteiger partial charge in [-0.15, -0.1) is 0 Å². The maximum atomic E-state index is 4.27. The van der Waals surface area contributed by atoms with Crippen LogP contribution in [0.1, 0.15) is 23.7 Å². The summed E-state index contributed by atoms with van der Waals surface area (Å²) in [5.74, 6) is 0. The van der Waals surface area contributed by atoms with Crippen LogP contribution in [0.2, 0.25) is 0 Å². The monoisotopic (exact) mass is 200 g/mol. The first-order chi connectivity index (χ1) is 7.29. The number of aromatic nitrogens is 2. The molecular formula is C13H16N2. The van der Waals surface area contributed by atoms with Crippen LogP contribution < -0.4 is 0 Å². The molecule has 0 aliphatic rings. The van der Waals surface area contributed by atoms with Crippen molar-refractivity contribution >= 4 is 0 Å². The van der Waals surface area contributed by atoms with E-state index in [1.807, 2.05) is 16.9 Å². The van der Waals surface area contributed by atoms with Gasteiger partial charge in [0.1, 0.15) is 0 Å². The van der Waals surface area contributed by atoms with Gasteiger partial charge in [-0.25, -0.2) is 0 Å². The third-order valence-electron chi connectivity index (χ3n) is 2.69. The van der Waals surface area contributed by atoms with Crippen LogP contribution in [0.4, 0.5) is 0 Å². The normalized spacial score (nSPS) is 10.5. The largest absolute Gasteiger partial charge is 0.265 e. The average molecular weight is 200 g/mol. The zero-order chi connectivity index (χ0) is 10.7. The van der Waals surface area contributed by atoms with Crippen LogP contribution in [0.25, 0.3) is 0 Å². The van der Waals surface area contributed by atoms with Crippen LogP contribution >= 0.6 is 0 Å². The van der Waals surface area contributed by atoms with Gasteiger partial charge in [0.05, 0.1) is 6.54 Å². The standard InChI is InChI=1S/C13H16N2/c1-3-12-4-6-13(7-5-12)10-15-11(2)8-9-14-15/h4-9H,3,10H2,1-2H3. The second-order valence-corrected chi connectivity index (χ2v) is 3.80. The first-order valence-electron chi connectivity index (χ1n) is 5.36. The summed E-state index contributed by atoms with van der Waals surface area (Å²) < 4.78 is 2.01. The fourth-order valence-electron chi connectivity index (χ4n) is 1.62. The molecule has 2 heteroatoms. The highest BCUT2D eigenvalue weighted by molar-refractivity contribution is 5.22. The molecule has 1 aromatic carbocycles. The molecule has 0 spiro atoms. The van der Waals surface area contributed by atoms with Gasteiger partial charge in [0.2, 0.25) is 0 Å². The molecule has 0 bridgehead atoms. The summed E-state index contributed by atoms with van der Waals surface area (Å²) >= 11 is 0. The van der Waals surface area contributed by atoms with E-state index in [0.29, 0.717) is 0 Å². The van der Waals surface area contributed by atoms with Crippen molar-refractivity contribution < 1.29 is 0 Å².